The first-order chi connectivity index (χ1) is 8.12. The van der Waals surface area contributed by atoms with Gasteiger partial charge in [0.2, 0.25) is 0 Å². The molecule has 6 heteroatoms. The monoisotopic (exact) mass is 240 g/mol. The van der Waals surface area contributed by atoms with Gasteiger partial charge in [0.25, 0.3) is 0 Å². The summed E-state index contributed by atoms with van der Waals surface area (Å²) in [6.07, 6.45) is 3.73. The fraction of sp³-hybridized carbons (Fsp3) is 0.727. The van der Waals surface area contributed by atoms with Crippen LogP contribution in [0.25, 0.3) is 0 Å². The highest BCUT2D eigenvalue weighted by Gasteiger charge is 2.33. The van der Waals surface area contributed by atoms with E-state index in [-0.39, 0.29) is 5.97 Å². The number of nitrogens with one attached hydrogen (secondary N) is 1. The zero-order valence-corrected chi connectivity index (χ0v) is 10.6. The van der Waals surface area contributed by atoms with Gasteiger partial charge in [-0.3, -0.25) is 9.48 Å². The van der Waals surface area contributed by atoms with E-state index < -0.39 is 5.54 Å². The number of ether oxygens (including phenoxy) is 1. The molecule has 0 spiro atoms. The SMILES string of the molecule is CCNC(C)(CCn1cncn1)C(=O)OCC. The van der Waals surface area contributed by atoms with E-state index in [1.807, 2.05) is 20.8 Å². The van der Waals surface area contributed by atoms with Gasteiger partial charge in [-0.2, -0.15) is 5.10 Å². The van der Waals surface area contributed by atoms with Crippen molar-refractivity contribution < 1.29 is 9.53 Å². The van der Waals surface area contributed by atoms with Gasteiger partial charge in [-0.1, -0.05) is 6.92 Å². The summed E-state index contributed by atoms with van der Waals surface area (Å²) in [5.74, 6) is -0.220. The first-order valence-electron chi connectivity index (χ1n) is 5.87. The van der Waals surface area contributed by atoms with Crippen molar-refractivity contribution in [2.24, 2.45) is 0 Å². The minimum absolute atomic E-state index is 0.220. The zero-order chi connectivity index (χ0) is 12.7. The lowest BCUT2D eigenvalue weighted by molar-refractivity contribution is -0.150. The molecule has 96 valence electrons. The molecule has 0 amide bonds. The number of hydrogen-bond donors (Lipinski definition) is 1. The van der Waals surface area contributed by atoms with Crippen LogP contribution in [-0.4, -0.2) is 39.4 Å². The van der Waals surface area contributed by atoms with Crippen molar-refractivity contribution in [3.05, 3.63) is 12.7 Å². The molecule has 0 aliphatic rings. The molecule has 6 nitrogen and oxygen atoms in total. The highest BCUT2D eigenvalue weighted by Crippen LogP contribution is 2.13. The lowest BCUT2D eigenvalue weighted by Crippen LogP contribution is -2.51. The van der Waals surface area contributed by atoms with Crippen molar-refractivity contribution >= 4 is 5.97 Å². The van der Waals surface area contributed by atoms with E-state index >= 15 is 0 Å². The molecule has 0 aromatic carbocycles. The van der Waals surface area contributed by atoms with Gasteiger partial charge in [0.15, 0.2) is 0 Å². The Kier molecular flexibility index (Phi) is 5.09. The molecule has 1 N–H and O–H groups in total. The molecule has 0 aliphatic heterocycles. The summed E-state index contributed by atoms with van der Waals surface area (Å²) in [7, 11) is 0. The summed E-state index contributed by atoms with van der Waals surface area (Å²) < 4.78 is 6.79. The van der Waals surface area contributed by atoms with Crippen molar-refractivity contribution in [1.82, 2.24) is 20.1 Å². The van der Waals surface area contributed by atoms with Crippen LogP contribution in [0.3, 0.4) is 0 Å². The number of aromatic nitrogens is 3. The van der Waals surface area contributed by atoms with Crippen molar-refractivity contribution in [1.29, 1.82) is 0 Å². The standard InChI is InChI=1S/C11H20N4O2/c1-4-13-11(3,10(16)17-5-2)6-7-15-9-12-8-14-15/h8-9,13H,4-7H2,1-3H3. The molecule has 1 rings (SSSR count). The minimum Gasteiger partial charge on any atom is -0.465 e. The molecular weight excluding hydrogens is 220 g/mol. The Morgan fingerprint density at radius 3 is 2.82 bits per heavy atom. The molecule has 1 aromatic heterocycles. The fourth-order valence-corrected chi connectivity index (χ4v) is 1.63. The third-order valence-electron chi connectivity index (χ3n) is 2.60. The van der Waals surface area contributed by atoms with Gasteiger partial charge >= 0.3 is 5.97 Å². The van der Waals surface area contributed by atoms with E-state index in [1.165, 1.54) is 6.33 Å². The van der Waals surface area contributed by atoms with Gasteiger partial charge in [0, 0.05) is 6.54 Å². The largest absolute Gasteiger partial charge is 0.465 e. The van der Waals surface area contributed by atoms with E-state index in [0.29, 0.717) is 26.1 Å². The van der Waals surface area contributed by atoms with Gasteiger partial charge in [-0.05, 0) is 26.8 Å². The summed E-state index contributed by atoms with van der Waals surface area (Å²) in [6.45, 7) is 7.36. The first kappa shape index (κ1) is 13.6. The summed E-state index contributed by atoms with van der Waals surface area (Å²) in [5.41, 5.74) is -0.670. The fourth-order valence-electron chi connectivity index (χ4n) is 1.63. The van der Waals surface area contributed by atoms with Crippen LogP contribution in [0.4, 0.5) is 0 Å². The first-order valence-corrected chi connectivity index (χ1v) is 5.87. The molecule has 1 atom stereocenters. The number of nitrogens with zero attached hydrogens (tertiary/aromatic N) is 3. The molecule has 0 aliphatic carbocycles. The van der Waals surface area contributed by atoms with Crippen molar-refractivity contribution in [3.63, 3.8) is 0 Å². The maximum atomic E-state index is 11.9. The normalized spacial score (nSPS) is 14.3. The quantitative estimate of drug-likeness (QED) is 0.707. The van der Waals surface area contributed by atoms with Crippen LogP contribution in [0.1, 0.15) is 27.2 Å². The smallest absolute Gasteiger partial charge is 0.326 e. The number of rotatable bonds is 7. The Labute approximate surface area is 101 Å². The molecule has 0 saturated carbocycles. The molecule has 0 fully saturated rings. The summed E-state index contributed by atoms with van der Waals surface area (Å²) in [6, 6.07) is 0. The van der Waals surface area contributed by atoms with Crippen LogP contribution in [-0.2, 0) is 16.1 Å². The Hall–Kier alpha value is -1.43. The predicted molar refractivity (Wildman–Crippen MR) is 63.4 cm³/mol. The summed E-state index contributed by atoms with van der Waals surface area (Å²) in [4.78, 5) is 15.7. The highest BCUT2D eigenvalue weighted by molar-refractivity contribution is 5.80. The third-order valence-corrected chi connectivity index (χ3v) is 2.60. The van der Waals surface area contributed by atoms with Crippen molar-refractivity contribution in [2.75, 3.05) is 13.2 Å². The van der Waals surface area contributed by atoms with Gasteiger partial charge in [-0.15, -0.1) is 0 Å². The van der Waals surface area contributed by atoms with E-state index in [9.17, 15) is 4.79 Å². The van der Waals surface area contributed by atoms with Gasteiger partial charge in [-0.25, -0.2) is 4.98 Å². The summed E-state index contributed by atoms with van der Waals surface area (Å²) >= 11 is 0. The van der Waals surface area contributed by atoms with E-state index in [0.717, 1.165) is 0 Å². The number of hydrogen-bond acceptors (Lipinski definition) is 5. The molecule has 17 heavy (non-hydrogen) atoms. The second-order valence-corrected chi connectivity index (χ2v) is 3.99. The van der Waals surface area contributed by atoms with Gasteiger partial charge < -0.3 is 10.1 Å². The third kappa shape index (κ3) is 3.81. The lowest BCUT2D eigenvalue weighted by atomic mass is 9.98. The Morgan fingerprint density at radius 1 is 1.53 bits per heavy atom. The molecule has 0 saturated heterocycles. The van der Waals surface area contributed by atoms with Crippen LogP contribution in [0.2, 0.25) is 0 Å². The van der Waals surface area contributed by atoms with E-state index in [1.54, 1.807) is 11.0 Å². The zero-order valence-electron chi connectivity index (χ0n) is 10.6. The second kappa shape index (κ2) is 6.34. The molecule has 0 radical (unpaired) electrons. The molecular formula is C11H20N4O2. The molecule has 1 unspecified atom stereocenters. The van der Waals surface area contributed by atoms with Crippen molar-refractivity contribution in [2.45, 2.75) is 39.3 Å². The summed E-state index contributed by atoms with van der Waals surface area (Å²) in [5, 5.41) is 7.18. The number of carbonyl (C=O) groups is 1. The number of carbonyl (C=O) groups excluding carboxylic acids is 1. The van der Waals surface area contributed by atoms with Crippen LogP contribution in [0.5, 0.6) is 0 Å². The van der Waals surface area contributed by atoms with Crippen LogP contribution in [0.15, 0.2) is 12.7 Å². The van der Waals surface area contributed by atoms with E-state index in [4.69, 9.17) is 4.74 Å². The van der Waals surface area contributed by atoms with Gasteiger partial charge in [0.05, 0.1) is 6.61 Å². The van der Waals surface area contributed by atoms with Crippen LogP contribution < -0.4 is 5.32 Å². The topological polar surface area (TPSA) is 69.0 Å². The molecule has 0 bridgehead atoms. The maximum absolute atomic E-state index is 11.9. The Bertz CT molecular complexity index is 339. The number of esters is 1. The Morgan fingerprint density at radius 2 is 2.29 bits per heavy atom. The maximum Gasteiger partial charge on any atom is 0.326 e. The van der Waals surface area contributed by atoms with Crippen LogP contribution in [0, 0.1) is 0 Å². The van der Waals surface area contributed by atoms with Crippen LogP contribution >= 0.6 is 0 Å². The van der Waals surface area contributed by atoms with E-state index in [2.05, 4.69) is 15.4 Å². The number of aryl methyl sites for hydroxylation is 1. The second-order valence-electron chi connectivity index (χ2n) is 3.99. The molecule has 1 aromatic rings. The molecule has 1 heterocycles. The van der Waals surface area contributed by atoms with Gasteiger partial charge in [0.1, 0.15) is 18.2 Å². The minimum atomic E-state index is -0.670. The predicted octanol–water partition coefficient (Wildman–Crippen LogP) is 0.599. The lowest BCUT2D eigenvalue weighted by Gasteiger charge is -2.27. The Balaban J connectivity index is 2.60. The average molecular weight is 240 g/mol. The number of likely N-dealkylation sites (N-methyl/N-ethyl adjacent to an activating group) is 1. The average Bonchev–Trinajstić information content (AvgIpc) is 2.80. The van der Waals surface area contributed by atoms with Crippen molar-refractivity contribution in [3.8, 4) is 0 Å². The highest BCUT2D eigenvalue weighted by atomic mass is 16.5.